The molecule has 0 fully saturated rings. The number of pyridine rings is 1. The lowest BCUT2D eigenvalue weighted by atomic mass is 10.3. The summed E-state index contributed by atoms with van der Waals surface area (Å²) < 4.78 is 6.26. The van der Waals surface area contributed by atoms with Gasteiger partial charge < -0.3 is 9.84 Å². The van der Waals surface area contributed by atoms with Crippen molar-refractivity contribution in [2.45, 2.75) is 6.42 Å². The molecule has 0 unspecified atom stereocenters. The van der Waals surface area contributed by atoms with E-state index in [2.05, 4.69) is 19.9 Å². The summed E-state index contributed by atoms with van der Waals surface area (Å²) in [5.41, 5.74) is 1.37. The van der Waals surface area contributed by atoms with Gasteiger partial charge in [0.2, 0.25) is 0 Å². The third-order valence-corrected chi connectivity index (χ3v) is 3.23. The topological polar surface area (TPSA) is 88.5 Å². The smallest absolute Gasteiger partial charge is 0.311 e. The van der Waals surface area contributed by atoms with Gasteiger partial charge in [-0.05, 0) is 24.3 Å². The highest BCUT2D eigenvalue weighted by atomic mass is 16.5. The minimum atomic E-state index is -0.441. The van der Waals surface area contributed by atoms with Gasteiger partial charge >= 0.3 is 5.97 Å². The quantitative estimate of drug-likeness (QED) is 0.592. The Kier molecular flexibility index (Phi) is 4.01. The number of fused-ring (bicyclic) bond motifs is 1. The SMILES string of the molecule is COC(=O)Cc1nc2c(O)cccn2c1N=Nc1ccccc1. The normalized spacial score (nSPS) is 11.2. The van der Waals surface area contributed by atoms with Gasteiger partial charge in [-0.25, -0.2) is 4.98 Å². The maximum absolute atomic E-state index is 11.6. The number of hydrogen-bond acceptors (Lipinski definition) is 6. The van der Waals surface area contributed by atoms with Crippen LogP contribution in [0.2, 0.25) is 0 Å². The summed E-state index contributed by atoms with van der Waals surface area (Å²) in [6.07, 6.45) is 1.64. The lowest BCUT2D eigenvalue weighted by molar-refractivity contribution is -0.139. The van der Waals surface area contributed by atoms with Crippen molar-refractivity contribution in [1.82, 2.24) is 9.38 Å². The second kappa shape index (κ2) is 6.27. The summed E-state index contributed by atoms with van der Waals surface area (Å²) in [6, 6.07) is 12.4. The number of rotatable bonds is 4. The van der Waals surface area contributed by atoms with Crippen LogP contribution in [0.1, 0.15) is 5.69 Å². The minimum absolute atomic E-state index is 0.000207. The first-order valence-corrected chi connectivity index (χ1v) is 6.91. The van der Waals surface area contributed by atoms with Crippen LogP contribution in [0, 0.1) is 0 Å². The minimum Gasteiger partial charge on any atom is -0.504 e. The van der Waals surface area contributed by atoms with Crippen LogP contribution in [0.4, 0.5) is 11.5 Å². The lowest BCUT2D eigenvalue weighted by Gasteiger charge is -1.99. The number of carbonyl (C=O) groups is 1. The zero-order chi connectivity index (χ0) is 16.2. The fraction of sp³-hybridized carbons (Fsp3) is 0.125. The number of aromatic hydroxyl groups is 1. The van der Waals surface area contributed by atoms with E-state index in [0.717, 1.165) is 0 Å². The number of nitrogens with zero attached hydrogens (tertiary/aromatic N) is 4. The molecular weight excluding hydrogens is 296 g/mol. The molecule has 2 heterocycles. The Bertz CT molecular complexity index is 872. The van der Waals surface area contributed by atoms with E-state index >= 15 is 0 Å². The van der Waals surface area contributed by atoms with E-state index < -0.39 is 5.97 Å². The molecule has 0 amide bonds. The first kappa shape index (κ1) is 14.7. The standard InChI is InChI=1S/C16H14N4O3/c1-23-14(22)10-12-15(19-18-11-6-3-2-4-7-11)20-9-5-8-13(21)16(20)17-12/h2-9,21H,10H2,1H3. The van der Waals surface area contributed by atoms with Gasteiger partial charge in [0.15, 0.2) is 17.2 Å². The molecule has 23 heavy (non-hydrogen) atoms. The van der Waals surface area contributed by atoms with Gasteiger partial charge in [-0.15, -0.1) is 10.2 Å². The Balaban J connectivity index is 2.08. The molecule has 0 aliphatic carbocycles. The molecule has 3 aromatic rings. The second-order valence-corrected chi connectivity index (χ2v) is 4.76. The molecule has 0 radical (unpaired) electrons. The van der Waals surface area contributed by atoms with Crippen molar-refractivity contribution in [2.24, 2.45) is 10.2 Å². The molecule has 0 aliphatic rings. The van der Waals surface area contributed by atoms with E-state index in [1.165, 1.54) is 13.2 Å². The molecular formula is C16H14N4O3. The summed E-state index contributed by atoms with van der Waals surface area (Å²) in [6.45, 7) is 0. The maximum atomic E-state index is 11.6. The summed E-state index contributed by atoms with van der Waals surface area (Å²) in [4.78, 5) is 15.8. The van der Waals surface area contributed by atoms with Crippen molar-refractivity contribution >= 4 is 23.1 Å². The van der Waals surface area contributed by atoms with Crippen LogP contribution in [0.5, 0.6) is 5.75 Å². The van der Waals surface area contributed by atoms with Crippen LogP contribution in [0.3, 0.4) is 0 Å². The predicted molar refractivity (Wildman–Crippen MR) is 83.2 cm³/mol. The van der Waals surface area contributed by atoms with E-state index in [1.54, 1.807) is 16.7 Å². The summed E-state index contributed by atoms with van der Waals surface area (Å²) in [5.74, 6) is -0.0611. The number of methoxy groups -OCH3 is 1. The number of imidazole rings is 1. The third-order valence-electron chi connectivity index (χ3n) is 3.23. The van der Waals surface area contributed by atoms with E-state index in [-0.39, 0.29) is 12.2 Å². The van der Waals surface area contributed by atoms with Crippen molar-refractivity contribution in [1.29, 1.82) is 0 Å². The van der Waals surface area contributed by atoms with Crippen LogP contribution in [0.15, 0.2) is 58.9 Å². The number of azo groups is 1. The van der Waals surface area contributed by atoms with Crippen molar-refractivity contribution in [2.75, 3.05) is 7.11 Å². The predicted octanol–water partition coefficient (Wildman–Crippen LogP) is 3.17. The summed E-state index contributed by atoms with van der Waals surface area (Å²) in [7, 11) is 1.31. The van der Waals surface area contributed by atoms with Crippen molar-refractivity contribution in [3.05, 3.63) is 54.4 Å². The van der Waals surface area contributed by atoms with E-state index in [1.807, 2.05) is 30.3 Å². The van der Waals surface area contributed by atoms with Gasteiger partial charge in [0, 0.05) is 6.20 Å². The molecule has 0 aliphatic heterocycles. The third kappa shape index (κ3) is 3.03. The molecule has 0 atom stereocenters. The molecule has 7 nitrogen and oxygen atoms in total. The lowest BCUT2D eigenvalue weighted by Crippen LogP contribution is -2.04. The van der Waals surface area contributed by atoms with E-state index in [4.69, 9.17) is 0 Å². The molecule has 1 aromatic carbocycles. The molecule has 116 valence electrons. The Hall–Kier alpha value is -3.22. The van der Waals surface area contributed by atoms with Gasteiger partial charge in [-0.1, -0.05) is 18.2 Å². The molecule has 0 saturated carbocycles. The Labute approximate surface area is 131 Å². The van der Waals surface area contributed by atoms with Crippen LogP contribution in [-0.2, 0) is 16.0 Å². The number of carbonyl (C=O) groups excluding carboxylic acids is 1. The number of benzene rings is 1. The van der Waals surface area contributed by atoms with Crippen LogP contribution in [-0.4, -0.2) is 27.6 Å². The average molecular weight is 310 g/mol. The molecule has 3 rings (SSSR count). The van der Waals surface area contributed by atoms with E-state index in [0.29, 0.717) is 22.8 Å². The van der Waals surface area contributed by atoms with Crippen molar-refractivity contribution < 1.29 is 14.6 Å². The molecule has 0 spiro atoms. The van der Waals surface area contributed by atoms with Gasteiger partial charge in [0.25, 0.3) is 0 Å². The fourth-order valence-electron chi connectivity index (χ4n) is 2.12. The van der Waals surface area contributed by atoms with Crippen LogP contribution < -0.4 is 0 Å². The highest BCUT2D eigenvalue weighted by Gasteiger charge is 2.17. The van der Waals surface area contributed by atoms with Crippen molar-refractivity contribution in [3.8, 4) is 5.75 Å². The van der Waals surface area contributed by atoms with Gasteiger partial charge in [-0.2, -0.15) is 0 Å². The van der Waals surface area contributed by atoms with Gasteiger partial charge in [-0.3, -0.25) is 9.20 Å². The van der Waals surface area contributed by atoms with Gasteiger partial charge in [0.05, 0.1) is 24.9 Å². The molecule has 0 saturated heterocycles. The maximum Gasteiger partial charge on any atom is 0.311 e. The zero-order valence-electron chi connectivity index (χ0n) is 12.4. The molecule has 2 aromatic heterocycles. The largest absolute Gasteiger partial charge is 0.504 e. The number of hydrogen-bond donors (Lipinski definition) is 1. The highest BCUT2D eigenvalue weighted by molar-refractivity contribution is 5.74. The Morgan fingerprint density at radius 2 is 2.00 bits per heavy atom. The summed E-state index contributed by atoms with van der Waals surface area (Å²) in [5, 5.41) is 18.3. The number of aromatic nitrogens is 2. The van der Waals surface area contributed by atoms with Crippen LogP contribution in [0.25, 0.3) is 5.65 Å². The number of esters is 1. The number of ether oxygens (including phenoxy) is 1. The van der Waals surface area contributed by atoms with E-state index in [9.17, 15) is 9.90 Å². The molecule has 7 heteroatoms. The monoisotopic (exact) mass is 310 g/mol. The van der Waals surface area contributed by atoms with Crippen LogP contribution >= 0.6 is 0 Å². The molecule has 0 bridgehead atoms. The summed E-state index contributed by atoms with van der Waals surface area (Å²) >= 11 is 0. The average Bonchev–Trinajstić information content (AvgIpc) is 2.92. The first-order valence-electron chi connectivity index (χ1n) is 6.91. The Morgan fingerprint density at radius 1 is 1.22 bits per heavy atom. The first-order chi connectivity index (χ1) is 11.2. The van der Waals surface area contributed by atoms with Gasteiger partial charge in [0.1, 0.15) is 0 Å². The second-order valence-electron chi connectivity index (χ2n) is 4.76. The fourth-order valence-corrected chi connectivity index (χ4v) is 2.12. The Morgan fingerprint density at radius 3 is 2.74 bits per heavy atom. The van der Waals surface area contributed by atoms with Crippen molar-refractivity contribution in [3.63, 3.8) is 0 Å². The molecule has 1 N–H and O–H groups in total. The highest BCUT2D eigenvalue weighted by Crippen LogP contribution is 2.28. The zero-order valence-corrected chi connectivity index (χ0v) is 12.4.